The van der Waals surface area contributed by atoms with Crippen LogP contribution in [0.1, 0.15) is 10.4 Å². The summed E-state index contributed by atoms with van der Waals surface area (Å²) in [6, 6.07) is 5.13. The van der Waals surface area contributed by atoms with Gasteiger partial charge in [-0.05, 0) is 12.1 Å². The lowest BCUT2D eigenvalue weighted by atomic mass is 10.1. The number of nitrogens with zero attached hydrogens (tertiary/aromatic N) is 2. The Morgan fingerprint density at radius 1 is 1.53 bits per heavy atom. The minimum Gasteiger partial charge on any atom is -0.495 e. The molecule has 1 aromatic carbocycles. The maximum absolute atomic E-state index is 12.0. The number of carbonyl (C=O) groups excluding carboxylic acids is 1. The van der Waals surface area contributed by atoms with E-state index in [0.29, 0.717) is 30.1 Å². The Morgan fingerprint density at radius 3 is 3.05 bits per heavy atom. The van der Waals surface area contributed by atoms with Crippen molar-refractivity contribution in [3.63, 3.8) is 0 Å². The van der Waals surface area contributed by atoms with Crippen molar-refractivity contribution in [1.29, 1.82) is 0 Å². The van der Waals surface area contributed by atoms with Gasteiger partial charge in [0.1, 0.15) is 5.75 Å². The van der Waals surface area contributed by atoms with Crippen molar-refractivity contribution in [2.45, 2.75) is 6.54 Å². The van der Waals surface area contributed by atoms with Crippen LogP contribution in [0.15, 0.2) is 36.9 Å². The molecule has 100 valence electrons. The van der Waals surface area contributed by atoms with E-state index in [1.165, 1.54) is 7.11 Å². The highest BCUT2D eigenvalue weighted by Crippen LogP contribution is 2.24. The zero-order valence-corrected chi connectivity index (χ0v) is 10.7. The first-order valence-electron chi connectivity index (χ1n) is 5.89. The van der Waals surface area contributed by atoms with Crippen molar-refractivity contribution in [3.05, 3.63) is 42.5 Å². The van der Waals surface area contributed by atoms with E-state index in [-0.39, 0.29) is 5.91 Å². The van der Waals surface area contributed by atoms with Gasteiger partial charge in [0.05, 0.1) is 24.7 Å². The third-order valence-electron chi connectivity index (χ3n) is 2.75. The number of ether oxygens (including phenoxy) is 1. The van der Waals surface area contributed by atoms with Crippen LogP contribution in [0.5, 0.6) is 5.75 Å². The molecule has 1 amide bonds. The molecule has 1 heterocycles. The molecule has 0 aliphatic heterocycles. The van der Waals surface area contributed by atoms with Crippen molar-refractivity contribution in [3.8, 4) is 5.75 Å². The van der Waals surface area contributed by atoms with Crippen molar-refractivity contribution in [2.75, 3.05) is 19.4 Å². The van der Waals surface area contributed by atoms with Gasteiger partial charge in [-0.3, -0.25) is 4.79 Å². The van der Waals surface area contributed by atoms with E-state index in [1.807, 2.05) is 10.8 Å². The summed E-state index contributed by atoms with van der Waals surface area (Å²) < 4.78 is 6.97. The number of para-hydroxylation sites is 1. The van der Waals surface area contributed by atoms with Gasteiger partial charge in [0, 0.05) is 25.5 Å². The number of rotatable bonds is 5. The molecule has 0 saturated carbocycles. The minimum atomic E-state index is -0.212. The maximum atomic E-state index is 12.0. The summed E-state index contributed by atoms with van der Waals surface area (Å²) in [5.41, 5.74) is 6.63. The second-order valence-corrected chi connectivity index (χ2v) is 3.98. The predicted octanol–water partition coefficient (Wildman–Crippen LogP) is 0.904. The average molecular weight is 260 g/mol. The number of nitrogens with two attached hydrogens (primary N) is 1. The SMILES string of the molecule is COc1cccc(C(=O)NCCn2ccnc2)c1N. The number of nitrogen functional groups attached to an aromatic ring is 1. The largest absolute Gasteiger partial charge is 0.495 e. The van der Waals surface area contributed by atoms with Gasteiger partial charge in [0.25, 0.3) is 5.91 Å². The van der Waals surface area contributed by atoms with Gasteiger partial charge in [-0.25, -0.2) is 4.98 Å². The van der Waals surface area contributed by atoms with Gasteiger partial charge < -0.3 is 20.4 Å². The normalized spacial score (nSPS) is 10.2. The second kappa shape index (κ2) is 5.90. The van der Waals surface area contributed by atoms with Gasteiger partial charge in [0.2, 0.25) is 0 Å². The van der Waals surface area contributed by atoms with Crippen LogP contribution in [0, 0.1) is 0 Å². The van der Waals surface area contributed by atoms with E-state index in [0.717, 1.165) is 0 Å². The van der Waals surface area contributed by atoms with E-state index in [9.17, 15) is 4.79 Å². The summed E-state index contributed by atoms with van der Waals surface area (Å²) in [5.74, 6) is 0.291. The molecule has 0 fully saturated rings. The van der Waals surface area contributed by atoms with Crippen LogP contribution < -0.4 is 15.8 Å². The fraction of sp³-hybridized carbons (Fsp3) is 0.231. The number of carbonyl (C=O) groups is 1. The van der Waals surface area contributed by atoms with Gasteiger partial charge in [-0.1, -0.05) is 6.07 Å². The number of nitrogens with one attached hydrogen (secondary N) is 1. The molecule has 0 bridgehead atoms. The monoisotopic (exact) mass is 260 g/mol. The van der Waals surface area contributed by atoms with Crippen molar-refractivity contribution >= 4 is 11.6 Å². The molecule has 0 spiro atoms. The highest BCUT2D eigenvalue weighted by Gasteiger charge is 2.12. The van der Waals surface area contributed by atoms with E-state index in [1.54, 1.807) is 30.7 Å². The zero-order chi connectivity index (χ0) is 13.7. The van der Waals surface area contributed by atoms with Gasteiger partial charge >= 0.3 is 0 Å². The number of aromatic nitrogens is 2. The van der Waals surface area contributed by atoms with Gasteiger partial charge in [0.15, 0.2) is 0 Å². The molecule has 3 N–H and O–H groups in total. The van der Waals surface area contributed by atoms with Crippen LogP contribution in [0.3, 0.4) is 0 Å². The van der Waals surface area contributed by atoms with Gasteiger partial charge in [-0.15, -0.1) is 0 Å². The molecule has 0 aliphatic carbocycles. The Balaban J connectivity index is 1.96. The lowest BCUT2D eigenvalue weighted by molar-refractivity contribution is 0.0953. The first kappa shape index (κ1) is 12.9. The fourth-order valence-electron chi connectivity index (χ4n) is 1.73. The summed E-state index contributed by atoms with van der Waals surface area (Å²) in [4.78, 5) is 15.9. The molecule has 0 saturated heterocycles. The van der Waals surface area contributed by atoms with Gasteiger partial charge in [-0.2, -0.15) is 0 Å². The Hall–Kier alpha value is -2.50. The lowest BCUT2D eigenvalue weighted by Crippen LogP contribution is -2.27. The van der Waals surface area contributed by atoms with Crippen LogP contribution in [-0.2, 0) is 6.54 Å². The van der Waals surface area contributed by atoms with Crippen molar-refractivity contribution < 1.29 is 9.53 Å². The predicted molar refractivity (Wildman–Crippen MR) is 72.0 cm³/mol. The van der Waals surface area contributed by atoms with Crippen LogP contribution in [-0.4, -0.2) is 29.1 Å². The first-order chi connectivity index (χ1) is 9.22. The molecule has 0 atom stereocenters. The highest BCUT2D eigenvalue weighted by molar-refractivity contribution is 6.00. The van der Waals surface area contributed by atoms with E-state index >= 15 is 0 Å². The number of hydrogen-bond acceptors (Lipinski definition) is 4. The lowest BCUT2D eigenvalue weighted by Gasteiger charge is -2.10. The quantitative estimate of drug-likeness (QED) is 0.783. The molecule has 6 nitrogen and oxygen atoms in total. The summed E-state index contributed by atoms with van der Waals surface area (Å²) in [5, 5.41) is 2.81. The number of benzene rings is 1. The molecule has 0 unspecified atom stereocenters. The van der Waals surface area contributed by atoms with Crippen molar-refractivity contribution in [2.24, 2.45) is 0 Å². The Morgan fingerprint density at radius 2 is 2.37 bits per heavy atom. The third-order valence-corrected chi connectivity index (χ3v) is 2.75. The van der Waals surface area contributed by atoms with E-state index < -0.39 is 0 Å². The smallest absolute Gasteiger partial charge is 0.253 e. The number of methoxy groups -OCH3 is 1. The summed E-state index contributed by atoms with van der Waals surface area (Å²) >= 11 is 0. The summed E-state index contributed by atoms with van der Waals surface area (Å²) in [6.45, 7) is 1.17. The highest BCUT2D eigenvalue weighted by atomic mass is 16.5. The Labute approximate surface area is 111 Å². The Bertz CT molecular complexity index is 552. The summed E-state index contributed by atoms with van der Waals surface area (Å²) in [7, 11) is 1.52. The maximum Gasteiger partial charge on any atom is 0.253 e. The molecule has 0 radical (unpaired) electrons. The molecule has 0 aliphatic rings. The van der Waals surface area contributed by atoms with Crippen LogP contribution in [0.2, 0.25) is 0 Å². The molecular formula is C13H16N4O2. The molecule has 2 rings (SSSR count). The molecule has 19 heavy (non-hydrogen) atoms. The van der Waals surface area contributed by atoms with Crippen LogP contribution in [0.25, 0.3) is 0 Å². The van der Waals surface area contributed by atoms with Crippen LogP contribution in [0.4, 0.5) is 5.69 Å². The molecular weight excluding hydrogens is 244 g/mol. The van der Waals surface area contributed by atoms with Crippen LogP contribution >= 0.6 is 0 Å². The van der Waals surface area contributed by atoms with Crippen molar-refractivity contribution in [1.82, 2.24) is 14.9 Å². The fourth-order valence-corrected chi connectivity index (χ4v) is 1.73. The topological polar surface area (TPSA) is 82.2 Å². The molecule has 6 heteroatoms. The number of anilines is 1. The standard InChI is InChI=1S/C13H16N4O2/c1-19-11-4-2-3-10(12(11)14)13(18)16-6-8-17-7-5-15-9-17/h2-5,7,9H,6,8,14H2,1H3,(H,16,18). The molecule has 2 aromatic rings. The Kier molecular flexibility index (Phi) is 4.02. The number of hydrogen-bond donors (Lipinski definition) is 2. The van der Waals surface area contributed by atoms with E-state index in [2.05, 4.69) is 10.3 Å². The zero-order valence-electron chi connectivity index (χ0n) is 10.7. The third kappa shape index (κ3) is 3.04. The second-order valence-electron chi connectivity index (χ2n) is 3.98. The summed E-state index contributed by atoms with van der Waals surface area (Å²) in [6.07, 6.45) is 5.24. The van der Waals surface area contributed by atoms with E-state index in [4.69, 9.17) is 10.5 Å². The number of imidazole rings is 1. The minimum absolute atomic E-state index is 0.212. The first-order valence-corrected chi connectivity index (χ1v) is 5.89. The number of amides is 1. The molecule has 1 aromatic heterocycles. The average Bonchev–Trinajstić information content (AvgIpc) is 2.92.